The smallest absolute Gasteiger partial charge is 0.257 e. The molecule has 31 heavy (non-hydrogen) atoms. The fraction of sp³-hybridized carbons (Fsp3) is 0.545. The largest absolute Gasteiger partial charge is 0.494 e. The molecule has 0 aliphatic heterocycles. The molecule has 9 heteroatoms. The highest BCUT2D eigenvalue weighted by Crippen LogP contribution is 2.20. The summed E-state index contributed by atoms with van der Waals surface area (Å²) in [6.45, 7) is 11.7. The molecule has 168 valence electrons. The number of nitrogens with one attached hydrogen (secondary N) is 2. The van der Waals surface area contributed by atoms with Crippen LogP contribution in [0.3, 0.4) is 0 Å². The average Bonchev–Trinajstić information content (AvgIpc) is 3.20. The highest BCUT2D eigenvalue weighted by atomic mass is 16.5. The molecule has 0 saturated carbocycles. The Balaban J connectivity index is 1.98. The number of fused-ring (bicyclic) bond motifs is 1. The second-order valence-electron chi connectivity index (χ2n) is 8.69. The van der Waals surface area contributed by atoms with Crippen molar-refractivity contribution in [2.45, 2.75) is 59.2 Å². The van der Waals surface area contributed by atoms with Gasteiger partial charge < -0.3 is 19.7 Å². The number of benzene rings is 1. The van der Waals surface area contributed by atoms with Crippen LogP contribution in [0.1, 0.15) is 58.5 Å². The lowest BCUT2D eigenvalue weighted by Gasteiger charge is -2.29. The first-order valence-corrected chi connectivity index (χ1v) is 10.8. The number of hydrogen-bond acceptors (Lipinski definition) is 6. The van der Waals surface area contributed by atoms with Crippen LogP contribution in [0.15, 0.2) is 29.1 Å². The van der Waals surface area contributed by atoms with E-state index in [1.807, 2.05) is 35.9 Å². The zero-order chi connectivity index (χ0) is 22.6. The summed E-state index contributed by atoms with van der Waals surface area (Å²) < 4.78 is 7.43. The Hall–Kier alpha value is -2.78. The van der Waals surface area contributed by atoms with Crippen LogP contribution in [0.25, 0.3) is 10.9 Å². The van der Waals surface area contributed by atoms with Crippen LogP contribution < -0.4 is 15.2 Å². The number of H-pyrrole nitrogens is 1. The van der Waals surface area contributed by atoms with E-state index in [1.165, 1.54) is 0 Å². The molecule has 3 N–H and O–H groups in total. The van der Waals surface area contributed by atoms with E-state index in [0.29, 0.717) is 25.3 Å². The third-order valence-corrected chi connectivity index (χ3v) is 5.40. The zero-order valence-electron chi connectivity index (χ0n) is 19.0. The van der Waals surface area contributed by atoms with Crippen LogP contribution in [-0.4, -0.2) is 50.1 Å². The SMILES string of the molecule is CCOc1ccc2[nH]c(=O)c(C[NH+](CCO)[C@H](CC)c3nnnn3C(C)(C)C)cc2c1. The first kappa shape index (κ1) is 22.9. The molecule has 1 aromatic carbocycles. The van der Waals surface area contributed by atoms with Crippen molar-refractivity contribution in [1.29, 1.82) is 0 Å². The molecule has 2 atom stereocenters. The van der Waals surface area contributed by atoms with Gasteiger partial charge >= 0.3 is 0 Å². The minimum Gasteiger partial charge on any atom is -0.494 e. The second-order valence-corrected chi connectivity index (χ2v) is 8.69. The van der Waals surface area contributed by atoms with Crippen molar-refractivity contribution in [1.82, 2.24) is 25.2 Å². The molecular weight excluding hydrogens is 396 g/mol. The number of pyridine rings is 1. The molecule has 0 bridgehead atoms. The molecular formula is C22H33N6O3+. The van der Waals surface area contributed by atoms with Crippen LogP contribution in [0.2, 0.25) is 0 Å². The van der Waals surface area contributed by atoms with E-state index in [0.717, 1.165) is 33.8 Å². The van der Waals surface area contributed by atoms with Gasteiger partial charge in [0.05, 0.1) is 24.3 Å². The average molecular weight is 430 g/mol. The van der Waals surface area contributed by atoms with Crippen LogP contribution in [0.5, 0.6) is 5.75 Å². The number of quaternary nitrogens is 1. The van der Waals surface area contributed by atoms with Crippen molar-refractivity contribution in [2.24, 2.45) is 0 Å². The van der Waals surface area contributed by atoms with E-state index >= 15 is 0 Å². The minimum atomic E-state index is -0.271. The maximum atomic E-state index is 12.8. The lowest BCUT2D eigenvalue weighted by Crippen LogP contribution is -3.11. The highest BCUT2D eigenvalue weighted by molar-refractivity contribution is 5.80. The predicted octanol–water partition coefficient (Wildman–Crippen LogP) is 1.20. The van der Waals surface area contributed by atoms with Gasteiger partial charge in [-0.1, -0.05) is 6.92 Å². The summed E-state index contributed by atoms with van der Waals surface area (Å²) in [5.41, 5.74) is 1.02. The Morgan fingerprint density at radius 3 is 2.68 bits per heavy atom. The first-order chi connectivity index (χ1) is 14.8. The number of aliphatic hydroxyl groups excluding tert-OH is 1. The summed E-state index contributed by atoms with van der Waals surface area (Å²) in [5.74, 6) is 1.53. The molecule has 0 amide bonds. The van der Waals surface area contributed by atoms with Crippen molar-refractivity contribution in [2.75, 3.05) is 19.8 Å². The van der Waals surface area contributed by atoms with Gasteiger partial charge in [0.25, 0.3) is 5.56 Å². The van der Waals surface area contributed by atoms with Crippen LogP contribution in [0.4, 0.5) is 0 Å². The Bertz CT molecular complexity index is 1070. The van der Waals surface area contributed by atoms with E-state index < -0.39 is 0 Å². The number of nitrogens with zero attached hydrogens (tertiary/aromatic N) is 4. The second kappa shape index (κ2) is 9.57. The predicted molar refractivity (Wildman–Crippen MR) is 118 cm³/mol. The standard InChI is InChI=1S/C22H32N6O3/c1-6-19(20-24-25-26-28(20)22(3,4)5)27(10-11-29)14-16-12-15-13-17(31-7-2)8-9-18(15)23-21(16)30/h8-9,12-13,19,29H,6-7,10-11,14H2,1-5H3,(H,23,30)/p+1/t19-/m1/s1. The molecule has 3 rings (SSSR count). The molecule has 0 fully saturated rings. The minimum absolute atomic E-state index is 0.00287. The Labute approximate surface area is 182 Å². The van der Waals surface area contributed by atoms with Crippen molar-refractivity contribution in [3.63, 3.8) is 0 Å². The number of ether oxygens (including phenoxy) is 1. The van der Waals surface area contributed by atoms with Crippen LogP contribution >= 0.6 is 0 Å². The highest BCUT2D eigenvalue weighted by Gasteiger charge is 2.32. The number of rotatable bonds is 9. The summed E-state index contributed by atoms with van der Waals surface area (Å²) >= 11 is 0. The summed E-state index contributed by atoms with van der Waals surface area (Å²) in [6, 6.07) is 7.49. The zero-order valence-corrected chi connectivity index (χ0v) is 19.0. The summed E-state index contributed by atoms with van der Waals surface area (Å²) in [7, 11) is 0. The Morgan fingerprint density at radius 1 is 1.26 bits per heavy atom. The first-order valence-electron chi connectivity index (χ1n) is 10.8. The van der Waals surface area contributed by atoms with Gasteiger partial charge in [-0.15, -0.1) is 5.10 Å². The monoisotopic (exact) mass is 429 g/mol. The van der Waals surface area contributed by atoms with Crippen LogP contribution in [0, 0.1) is 0 Å². The number of aromatic nitrogens is 5. The third kappa shape index (κ3) is 5.11. The molecule has 1 unspecified atom stereocenters. The van der Waals surface area contributed by atoms with Crippen molar-refractivity contribution in [3.05, 3.63) is 46.0 Å². The molecule has 9 nitrogen and oxygen atoms in total. The van der Waals surface area contributed by atoms with E-state index in [4.69, 9.17) is 4.74 Å². The summed E-state index contributed by atoms with van der Waals surface area (Å²) in [4.78, 5) is 16.8. The fourth-order valence-electron chi connectivity index (χ4n) is 3.93. The van der Waals surface area contributed by atoms with Gasteiger partial charge in [0.15, 0.2) is 0 Å². The molecule has 0 aliphatic carbocycles. The van der Waals surface area contributed by atoms with Crippen molar-refractivity contribution >= 4 is 10.9 Å². The molecule has 0 radical (unpaired) electrons. The summed E-state index contributed by atoms with van der Waals surface area (Å²) in [5, 5.41) is 23.0. The molecule has 2 aromatic heterocycles. The van der Waals surface area contributed by atoms with E-state index in [2.05, 4.69) is 48.2 Å². The number of tetrazole rings is 1. The lowest BCUT2D eigenvalue weighted by molar-refractivity contribution is -0.946. The normalized spacial score (nSPS) is 14.0. The van der Waals surface area contributed by atoms with Crippen molar-refractivity contribution in [3.8, 4) is 5.75 Å². The number of aliphatic hydroxyl groups is 1. The molecule has 0 spiro atoms. The maximum Gasteiger partial charge on any atom is 0.257 e. The maximum absolute atomic E-state index is 12.8. The fourth-order valence-corrected chi connectivity index (χ4v) is 3.93. The topological polar surface area (TPSA) is 110 Å². The Kier molecular flexibility index (Phi) is 7.07. The summed E-state index contributed by atoms with van der Waals surface area (Å²) in [6.07, 6.45) is 0.770. The van der Waals surface area contributed by atoms with Gasteiger partial charge in [-0.3, -0.25) is 4.79 Å². The lowest BCUT2D eigenvalue weighted by atomic mass is 10.1. The molecule has 2 heterocycles. The van der Waals surface area contributed by atoms with E-state index in [-0.39, 0.29) is 23.7 Å². The van der Waals surface area contributed by atoms with Gasteiger partial charge in [-0.25, -0.2) is 4.68 Å². The number of hydrogen-bond donors (Lipinski definition) is 3. The molecule has 3 aromatic rings. The van der Waals surface area contributed by atoms with Crippen molar-refractivity contribution < 1.29 is 14.7 Å². The molecule has 0 saturated heterocycles. The third-order valence-electron chi connectivity index (χ3n) is 5.40. The van der Waals surface area contributed by atoms with Gasteiger partial charge in [-0.05, 0) is 62.4 Å². The van der Waals surface area contributed by atoms with Gasteiger partial charge in [0.2, 0.25) is 5.82 Å². The van der Waals surface area contributed by atoms with Gasteiger partial charge in [-0.2, -0.15) is 0 Å². The van der Waals surface area contributed by atoms with Crippen LogP contribution in [-0.2, 0) is 12.1 Å². The Morgan fingerprint density at radius 2 is 2.03 bits per heavy atom. The quantitative estimate of drug-likeness (QED) is 0.471. The van der Waals surface area contributed by atoms with Gasteiger partial charge in [0, 0.05) is 17.3 Å². The van der Waals surface area contributed by atoms with E-state index in [1.54, 1.807) is 0 Å². The molecule has 0 aliphatic rings. The number of aromatic amines is 1. The van der Waals surface area contributed by atoms with E-state index in [9.17, 15) is 9.90 Å². The van der Waals surface area contributed by atoms with Gasteiger partial charge in [0.1, 0.15) is 24.9 Å².